The lowest BCUT2D eigenvalue weighted by Gasteiger charge is -2.32. The Labute approximate surface area is 394 Å². The van der Waals surface area contributed by atoms with Crippen LogP contribution in [0.2, 0.25) is 0 Å². The molecule has 0 N–H and O–H groups in total. The quantitative estimate of drug-likeness (QED) is 0.0950. The fourth-order valence-corrected chi connectivity index (χ4v) is 13.0. The van der Waals surface area contributed by atoms with E-state index in [0.29, 0.717) is 0 Å². The van der Waals surface area contributed by atoms with Gasteiger partial charge in [0.2, 0.25) is 11.4 Å². The number of nitrogens with zero attached hydrogens (tertiary/aromatic N) is 4. The summed E-state index contributed by atoms with van der Waals surface area (Å²) in [5, 5.41) is 5.38. The lowest BCUT2D eigenvalue weighted by molar-refractivity contribution is -0.401. The lowest BCUT2D eigenvalue weighted by atomic mass is 9.72. The van der Waals surface area contributed by atoms with E-state index in [4.69, 9.17) is 0 Å². The van der Waals surface area contributed by atoms with Gasteiger partial charge in [0.15, 0.2) is 11.4 Å². The van der Waals surface area contributed by atoms with Gasteiger partial charge in [0, 0.05) is 82.1 Å². The van der Waals surface area contributed by atoms with Crippen LogP contribution in [-0.2, 0) is 21.7 Å². The van der Waals surface area contributed by atoms with Gasteiger partial charge < -0.3 is 9.80 Å². The first-order chi connectivity index (χ1) is 31.8. The maximum atomic E-state index is 2.60. The molecule has 334 valence electrons. The monoisotopic (exact) mass is 869 g/mol. The number of anilines is 2. The molecule has 4 nitrogen and oxygen atoms in total. The third-order valence-electron chi connectivity index (χ3n) is 16.3. The molecule has 6 aromatic rings. The number of hydrogen-bond acceptors (Lipinski definition) is 2. The van der Waals surface area contributed by atoms with E-state index in [1.807, 2.05) is 0 Å². The van der Waals surface area contributed by atoms with E-state index < -0.39 is 0 Å². The fraction of sp³-hybridized carbons (Fsp3) is 0.323. The molecule has 4 aliphatic rings. The minimum absolute atomic E-state index is 0.0756. The second-order valence-electron chi connectivity index (χ2n) is 20.7. The molecule has 4 aliphatic heterocycles. The van der Waals surface area contributed by atoms with Crippen LogP contribution in [0.15, 0.2) is 169 Å². The van der Waals surface area contributed by atoms with Gasteiger partial charge in [-0.2, -0.15) is 9.15 Å². The predicted octanol–water partition coefficient (Wildman–Crippen LogP) is 14.7. The largest absolute Gasteiger partial charge is 0.344 e. The Balaban J connectivity index is 1.01. The normalized spacial score (nSPS) is 22.9. The molecule has 0 bridgehead atoms. The summed E-state index contributed by atoms with van der Waals surface area (Å²) in [6.45, 7) is 21.0. The first-order valence-corrected chi connectivity index (χ1v) is 24.6. The lowest BCUT2D eigenvalue weighted by Crippen LogP contribution is -2.30. The number of para-hydroxylation sites is 2. The minimum atomic E-state index is -0.172. The molecule has 0 fully saturated rings. The van der Waals surface area contributed by atoms with Crippen LogP contribution in [0.3, 0.4) is 0 Å². The van der Waals surface area contributed by atoms with Crippen molar-refractivity contribution in [1.82, 2.24) is 0 Å². The summed E-state index contributed by atoms with van der Waals surface area (Å²) in [5.74, 6) is 0. The van der Waals surface area contributed by atoms with Crippen molar-refractivity contribution < 1.29 is 9.15 Å². The molecular formula is C62H68N4+2. The van der Waals surface area contributed by atoms with Crippen LogP contribution in [0.1, 0.15) is 103 Å². The molecule has 66 heavy (non-hydrogen) atoms. The Bertz CT molecular complexity index is 2920. The van der Waals surface area contributed by atoms with Gasteiger partial charge in [-0.25, -0.2) is 0 Å². The van der Waals surface area contributed by atoms with Crippen molar-refractivity contribution in [3.8, 4) is 0 Å². The van der Waals surface area contributed by atoms with Crippen LogP contribution in [0.25, 0.3) is 21.5 Å². The van der Waals surface area contributed by atoms with E-state index in [0.717, 1.165) is 38.8 Å². The number of benzene rings is 6. The van der Waals surface area contributed by atoms with Gasteiger partial charge in [0.25, 0.3) is 0 Å². The van der Waals surface area contributed by atoms with Crippen molar-refractivity contribution in [2.75, 3.05) is 37.0 Å². The first kappa shape index (κ1) is 43.6. The Morgan fingerprint density at radius 1 is 0.470 bits per heavy atom. The molecule has 0 saturated heterocycles. The summed E-state index contributed by atoms with van der Waals surface area (Å²) < 4.78 is 4.76. The second-order valence-corrected chi connectivity index (χ2v) is 20.7. The summed E-state index contributed by atoms with van der Waals surface area (Å²) in [6, 6.07) is 45.2. The Kier molecular flexibility index (Phi) is 10.7. The number of fused-ring (bicyclic) bond motifs is 8. The molecule has 0 aromatic heterocycles. The highest BCUT2D eigenvalue weighted by atomic mass is 15.2. The fourth-order valence-electron chi connectivity index (χ4n) is 13.0. The second kappa shape index (κ2) is 16.3. The van der Waals surface area contributed by atoms with E-state index in [1.54, 1.807) is 0 Å². The molecule has 4 heteroatoms. The van der Waals surface area contributed by atoms with Gasteiger partial charge >= 0.3 is 0 Å². The van der Waals surface area contributed by atoms with Crippen LogP contribution < -0.4 is 9.80 Å². The zero-order valence-electron chi connectivity index (χ0n) is 41.0. The molecule has 0 radical (unpaired) electrons. The van der Waals surface area contributed by atoms with E-state index >= 15 is 0 Å². The third kappa shape index (κ3) is 6.53. The molecule has 0 saturated carbocycles. The summed E-state index contributed by atoms with van der Waals surface area (Å²) in [6.07, 6.45) is 18.7. The van der Waals surface area contributed by atoms with Crippen LogP contribution >= 0.6 is 0 Å². The van der Waals surface area contributed by atoms with Crippen LogP contribution in [0, 0.1) is 0 Å². The minimum Gasteiger partial charge on any atom is -0.344 e. The molecular weight excluding hydrogens is 801 g/mol. The summed E-state index contributed by atoms with van der Waals surface area (Å²) in [4.78, 5) is 5.20. The molecule has 0 aliphatic carbocycles. The summed E-state index contributed by atoms with van der Waals surface area (Å²) in [7, 11) is 4.44. The van der Waals surface area contributed by atoms with Crippen molar-refractivity contribution in [3.63, 3.8) is 0 Å². The maximum Gasteiger partial charge on any atom is 0.209 e. The van der Waals surface area contributed by atoms with Crippen LogP contribution in [0.5, 0.6) is 0 Å². The molecule has 0 spiro atoms. The van der Waals surface area contributed by atoms with E-state index in [1.165, 1.54) is 89.4 Å². The summed E-state index contributed by atoms with van der Waals surface area (Å²) in [5.41, 5.74) is 16.0. The first-order valence-electron chi connectivity index (χ1n) is 24.6. The number of unbranched alkanes of at least 4 members (excludes halogenated alkanes) is 1. The number of rotatable bonds is 11. The zero-order valence-corrected chi connectivity index (χ0v) is 41.0. The van der Waals surface area contributed by atoms with Gasteiger partial charge in [-0.1, -0.05) is 122 Å². The topological polar surface area (TPSA) is 12.5 Å². The maximum absolute atomic E-state index is 2.60. The Hall–Kier alpha value is -6.26. The standard InChI is InChI=1S/C62H68N4/c1-11-65-51-39-37-43-25-13-15-27-45(43)57(51)61(7,55(65)35-23-33-53-59(3,4)47-29-17-19-31-49(47)63(53)9)41-21-22-42-62(8)56(66(12-2)52-40-38-44-26-14-16-28-46(44)58(52)62)36-24-34-54-60(5,6)48-30-18-20-32-50(48)64(54)10/h13-20,23-40H,11-12,21-22,41-42H2,1-10H3/q+2. The molecule has 4 heterocycles. The highest BCUT2D eigenvalue weighted by Crippen LogP contribution is 2.56. The Morgan fingerprint density at radius 2 is 0.848 bits per heavy atom. The molecule has 2 atom stereocenters. The summed E-state index contributed by atoms with van der Waals surface area (Å²) >= 11 is 0. The number of allylic oxidation sites excluding steroid dienone is 8. The number of hydrogen-bond donors (Lipinski definition) is 0. The Morgan fingerprint density at radius 3 is 1.24 bits per heavy atom. The molecule has 2 unspecified atom stereocenters. The highest BCUT2D eigenvalue weighted by Gasteiger charge is 2.47. The number of likely N-dealkylation sites (N-methyl/N-ethyl adjacent to an activating group) is 2. The van der Waals surface area contributed by atoms with E-state index in [9.17, 15) is 0 Å². The van der Waals surface area contributed by atoms with Crippen molar-refractivity contribution >= 4 is 55.7 Å². The van der Waals surface area contributed by atoms with Crippen molar-refractivity contribution in [3.05, 3.63) is 191 Å². The van der Waals surface area contributed by atoms with Crippen molar-refractivity contribution in [2.24, 2.45) is 0 Å². The van der Waals surface area contributed by atoms with Gasteiger partial charge in [-0.3, -0.25) is 0 Å². The van der Waals surface area contributed by atoms with Gasteiger partial charge in [-0.05, 0) is 125 Å². The third-order valence-corrected chi connectivity index (χ3v) is 16.3. The highest BCUT2D eigenvalue weighted by molar-refractivity contribution is 6.04. The molecule has 6 aromatic carbocycles. The van der Waals surface area contributed by atoms with Gasteiger partial charge in [0.05, 0.1) is 10.8 Å². The van der Waals surface area contributed by atoms with Crippen molar-refractivity contribution in [1.29, 1.82) is 0 Å². The SMILES string of the molecule is CCN1C(=CC=CC2=[N+](C)c3ccccc3C2(C)C)C(C)(CCCCC2(C)C(=CC=CC3=[N+](C)c4ccccc4C3(C)C)N(CC)c3ccc4ccccc4c32)c2c1ccc1ccccc21. The van der Waals surface area contributed by atoms with Crippen molar-refractivity contribution in [2.45, 2.75) is 103 Å². The van der Waals surface area contributed by atoms with Crippen LogP contribution in [-0.4, -0.2) is 47.8 Å². The van der Waals surface area contributed by atoms with E-state index in [-0.39, 0.29) is 21.7 Å². The molecule has 0 amide bonds. The smallest absolute Gasteiger partial charge is 0.209 e. The average molecular weight is 869 g/mol. The van der Waals surface area contributed by atoms with Crippen LogP contribution in [0.4, 0.5) is 22.7 Å². The predicted molar refractivity (Wildman–Crippen MR) is 282 cm³/mol. The van der Waals surface area contributed by atoms with E-state index in [2.05, 4.69) is 246 Å². The van der Waals surface area contributed by atoms with Gasteiger partial charge in [-0.15, -0.1) is 0 Å². The van der Waals surface area contributed by atoms with Gasteiger partial charge in [0.1, 0.15) is 14.1 Å². The molecule has 10 rings (SSSR count). The zero-order chi connectivity index (χ0) is 46.2. The average Bonchev–Trinajstić information content (AvgIpc) is 3.88.